The van der Waals surface area contributed by atoms with Crippen LogP contribution in [0.3, 0.4) is 0 Å². The van der Waals surface area contributed by atoms with E-state index >= 15 is 0 Å². The van der Waals surface area contributed by atoms with Crippen molar-refractivity contribution in [2.75, 3.05) is 31.1 Å². The Labute approximate surface area is 183 Å². The number of nitrogens with one attached hydrogen (secondary N) is 1. The SMILES string of the molecule is NC(=S)N/N=C/c1cc(F)c(N2CCN(Cc3ccc(Cl)cc3Cl)CC2)cc1F. The Morgan fingerprint density at radius 3 is 2.52 bits per heavy atom. The summed E-state index contributed by atoms with van der Waals surface area (Å²) in [6.45, 7) is 3.20. The van der Waals surface area contributed by atoms with Gasteiger partial charge >= 0.3 is 0 Å². The topological polar surface area (TPSA) is 56.9 Å². The molecular formula is C19H19Cl2F2N5S. The Kier molecular flexibility index (Phi) is 7.23. The van der Waals surface area contributed by atoms with Crippen LogP contribution < -0.4 is 16.1 Å². The lowest BCUT2D eigenvalue weighted by molar-refractivity contribution is 0.249. The van der Waals surface area contributed by atoms with E-state index in [9.17, 15) is 8.78 Å². The van der Waals surface area contributed by atoms with E-state index in [0.717, 1.165) is 17.8 Å². The minimum absolute atomic E-state index is 0.00557. The zero-order valence-electron chi connectivity index (χ0n) is 15.3. The third kappa shape index (κ3) is 5.76. The van der Waals surface area contributed by atoms with Crippen molar-refractivity contribution in [3.05, 3.63) is 63.1 Å². The Balaban J connectivity index is 1.63. The van der Waals surface area contributed by atoms with Crippen LogP contribution in [0, 0.1) is 11.6 Å². The zero-order chi connectivity index (χ0) is 21.0. The highest BCUT2D eigenvalue weighted by molar-refractivity contribution is 7.80. The van der Waals surface area contributed by atoms with Crippen LogP contribution in [0.4, 0.5) is 14.5 Å². The fourth-order valence-electron chi connectivity index (χ4n) is 3.10. The van der Waals surface area contributed by atoms with Crippen LogP contribution in [0.5, 0.6) is 0 Å². The van der Waals surface area contributed by atoms with Gasteiger partial charge in [0.05, 0.1) is 11.9 Å². The highest BCUT2D eigenvalue weighted by Gasteiger charge is 2.21. The predicted octanol–water partition coefficient (Wildman–Crippen LogP) is 3.76. The Hall–Kier alpha value is -2.00. The van der Waals surface area contributed by atoms with Crippen LogP contribution in [-0.2, 0) is 6.54 Å². The third-order valence-electron chi connectivity index (χ3n) is 4.57. The molecule has 10 heteroatoms. The molecule has 1 aliphatic rings. The second-order valence-corrected chi connectivity index (χ2v) is 7.84. The van der Waals surface area contributed by atoms with Gasteiger partial charge in [0.1, 0.15) is 11.6 Å². The smallest absolute Gasteiger partial charge is 0.184 e. The van der Waals surface area contributed by atoms with Gasteiger partial charge in [-0.05, 0) is 36.0 Å². The van der Waals surface area contributed by atoms with Gasteiger partial charge in [0.15, 0.2) is 5.11 Å². The number of hydrogen-bond acceptors (Lipinski definition) is 4. The fourth-order valence-corrected chi connectivity index (χ4v) is 3.62. The summed E-state index contributed by atoms with van der Waals surface area (Å²) < 4.78 is 28.9. The normalized spacial score (nSPS) is 15.1. The maximum absolute atomic E-state index is 14.6. The molecular weight excluding hydrogens is 439 g/mol. The average Bonchev–Trinajstić information content (AvgIpc) is 2.67. The summed E-state index contributed by atoms with van der Waals surface area (Å²) in [5.41, 5.74) is 8.76. The number of nitrogens with zero attached hydrogens (tertiary/aromatic N) is 3. The number of thiocarbonyl (C=S) groups is 1. The van der Waals surface area contributed by atoms with Gasteiger partial charge in [-0.1, -0.05) is 29.3 Å². The van der Waals surface area contributed by atoms with Gasteiger partial charge in [-0.3, -0.25) is 10.3 Å². The Morgan fingerprint density at radius 2 is 1.86 bits per heavy atom. The predicted molar refractivity (Wildman–Crippen MR) is 118 cm³/mol. The van der Waals surface area contributed by atoms with Crippen LogP contribution in [0.25, 0.3) is 0 Å². The van der Waals surface area contributed by atoms with Crippen LogP contribution in [-0.4, -0.2) is 42.4 Å². The second-order valence-electron chi connectivity index (χ2n) is 6.56. The van der Waals surface area contributed by atoms with E-state index in [4.69, 9.17) is 28.9 Å². The highest BCUT2D eigenvalue weighted by Crippen LogP contribution is 2.26. The summed E-state index contributed by atoms with van der Waals surface area (Å²) in [4.78, 5) is 4.04. The summed E-state index contributed by atoms with van der Waals surface area (Å²) in [6, 6.07) is 7.71. The molecule has 0 spiro atoms. The average molecular weight is 458 g/mol. The van der Waals surface area contributed by atoms with Gasteiger partial charge in [-0.2, -0.15) is 5.10 Å². The molecule has 1 saturated heterocycles. The van der Waals surface area contributed by atoms with Crippen molar-refractivity contribution >= 4 is 52.4 Å². The first-order valence-electron chi connectivity index (χ1n) is 8.82. The Bertz CT molecular complexity index is 933. The number of benzene rings is 2. The van der Waals surface area contributed by atoms with E-state index in [1.807, 2.05) is 11.0 Å². The van der Waals surface area contributed by atoms with Crippen LogP contribution in [0.15, 0.2) is 35.4 Å². The van der Waals surface area contributed by atoms with Crippen LogP contribution in [0.2, 0.25) is 10.0 Å². The van der Waals surface area contributed by atoms with E-state index in [-0.39, 0.29) is 16.4 Å². The summed E-state index contributed by atoms with van der Waals surface area (Å²) in [7, 11) is 0. The van der Waals surface area contributed by atoms with E-state index in [2.05, 4.69) is 27.6 Å². The molecule has 0 bridgehead atoms. The number of hydrazone groups is 1. The van der Waals surface area contributed by atoms with Gasteiger partial charge in [-0.25, -0.2) is 8.78 Å². The molecule has 154 valence electrons. The highest BCUT2D eigenvalue weighted by atomic mass is 35.5. The lowest BCUT2D eigenvalue weighted by Gasteiger charge is -2.36. The molecule has 0 saturated carbocycles. The van der Waals surface area contributed by atoms with Gasteiger partial charge in [-0.15, -0.1) is 0 Å². The lowest BCUT2D eigenvalue weighted by Crippen LogP contribution is -2.46. The summed E-state index contributed by atoms with van der Waals surface area (Å²) in [5.74, 6) is -1.09. The van der Waals surface area contributed by atoms with Crippen molar-refractivity contribution < 1.29 is 8.78 Å². The molecule has 1 fully saturated rings. The molecule has 0 amide bonds. The Morgan fingerprint density at radius 1 is 1.14 bits per heavy atom. The number of halogens is 4. The molecule has 1 heterocycles. The van der Waals surface area contributed by atoms with Crippen LogP contribution in [0.1, 0.15) is 11.1 Å². The van der Waals surface area contributed by atoms with Crippen LogP contribution >= 0.6 is 35.4 Å². The first-order valence-corrected chi connectivity index (χ1v) is 9.98. The fraction of sp³-hybridized carbons (Fsp3) is 0.263. The van der Waals surface area contributed by atoms with Gasteiger partial charge < -0.3 is 10.6 Å². The maximum Gasteiger partial charge on any atom is 0.184 e. The number of hydrogen-bond donors (Lipinski definition) is 2. The summed E-state index contributed by atoms with van der Waals surface area (Å²) in [6.07, 6.45) is 1.13. The molecule has 3 rings (SSSR count). The minimum atomic E-state index is -0.578. The molecule has 1 aliphatic heterocycles. The summed E-state index contributed by atoms with van der Waals surface area (Å²) >= 11 is 16.8. The van der Waals surface area contributed by atoms with Crippen molar-refractivity contribution in [1.29, 1.82) is 0 Å². The number of nitrogens with two attached hydrogens (primary N) is 1. The van der Waals surface area contributed by atoms with Crippen molar-refractivity contribution in [2.24, 2.45) is 10.8 Å². The minimum Gasteiger partial charge on any atom is -0.375 e. The molecule has 0 radical (unpaired) electrons. The first kappa shape index (κ1) is 21.7. The van der Waals surface area contributed by atoms with Crippen molar-refractivity contribution in [3.8, 4) is 0 Å². The zero-order valence-corrected chi connectivity index (χ0v) is 17.7. The number of anilines is 1. The number of rotatable bonds is 5. The van der Waals surface area contributed by atoms with E-state index in [1.54, 1.807) is 12.1 Å². The number of piperazine rings is 1. The molecule has 2 aromatic carbocycles. The molecule has 0 aromatic heterocycles. The monoisotopic (exact) mass is 457 g/mol. The maximum atomic E-state index is 14.6. The van der Waals surface area contributed by atoms with Gasteiger partial charge in [0.2, 0.25) is 0 Å². The van der Waals surface area contributed by atoms with Crippen molar-refractivity contribution in [1.82, 2.24) is 10.3 Å². The molecule has 29 heavy (non-hydrogen) atoms. The quantitative estimate of drug-likeness (QED) is 0.406. The molecule has 0 unspecified atom stereocenters. The van der Waals surface area contributed by atoms with Gasteiger partial charge in [0.25, 0.3) is 0 Å². The lowest BCUT2D eigenvalue weighted by atomic mass is 10.1. The largest absolute Gasteiger partial charge is 0.375 e. The van der Waals surface area contributed by atoms with Crippen molar-refractivity contribution in [2.45, 2.75) is 6.54 Å². The molecule has 0 atom stereocenters. The van der Waals surface area contributed by atoms with Gasteiger partial charge in [0, 0.05) is 54.4 Å². The summed E-state index contributed by atoms with van der Waals surface area (Å²) in [5, 5.41) is 4.82. The molecule has 3 N–H and O–H groups in total. The first-order chi connectivity index (χ1) is 13.8. The third-order valence-corrected chi connectivity index (χ3v) is 5.24. The van der Waals surface area contributed by atoms with E-state index < -0.39 is 11.6 Å². The molecule has 0 aliphatic carbocycles. The van der Waals surface area contributed by atoms with Crippen molar-refractivity contribution in [3.63, 3.8) is 0 Å². The standard InChI is InChI=1S/C19H19Cl2F2N5S/c20-14-2-1-12(15(21)8-14)11-27-3-5-28(6-4-27)18-9-16(22)13(7-17(18)23)10-25-26-19(24)29/h1-2,7-10H,3-6,11H2,(H3,24,26,29)/b25-10+. The van der Waals surface area contributed by atoms with E-state index in [1.165, 1.54) is 6.07 Å². The molecule has 5 nitrogen and oxygen atoms in total. The second kappa shape index (κ2) is 9.67. The molecule has 2 aromatic rings. The van der Waals surface area contributed by atoms with E-state index in [0.29, 0.717) is 42.8 Å².